The monoisotopic (exact) mass is 292 g/mol. The van der Waals surface area contributed by atoms with Gasteiger partial charge >= 0.3 is 5.97 Å². The van der Waals surface area contributed by atoms with E-state index in [4.69, 9.17) is 9.84 Å². The molecular weight excluding hydrogens is 272 g/mol. The lowest BCUT2D eigenvalue weighted by Crippen LogP contribution is -2.50. The second kappa shape index (κ2) is 6.17. The first-order valence-corrected chi connectivity index (χ1v) is 8.01. The van der Waals surface area contributed by atoms with E-state index in [2.05, 4.69) is 4.72 Å². The average molecular weight is 292 g/mol. The van der Waals surface area contributed by atoms with Gasteiger partial charge in [0.25, 0.3) is 10.2 Å². The first-order valence-electron chi connectivity index (χ1n) is 6.57. The van der Waals surface area contributed by atoms with Crippen LogP contribution in [0.5, 0.6) is 0 Å². The van der Waals surface area contributed by atoms with Gasteiger partial charge in [0, 0.05) is 19.1 Å². The highest BCUT2D eigenvalue weighted by molar-refractivity contribution is 7.87. The Morgan fingerprint density at radius 1 is 1.16 bits per heavy atom. The maximum atomic E-state index is 12.1. The minimum Gasteiger partial charge on any atom is -0.481 e. The highest BCUT2D eigenvalue weighted by Gasteiger charge is 2.31. The summed E-state index contributed by atoms with van der Waals surface area (Å²) in [5.41, 5.74) is 0. The molecule has 0 bridgehead atoms. The minimum atomic E-state index is -3.46. The number of ether oxygens (including phenoxy) is 1. The molecule has 19 heavy (non-hydrogen) atoms. The predicted molar refractivity (Wildman–Crippen MR) is 67.8 cm³/mol. The molecule has 2 aliphatic rings. The molecule has 0 amide bonds. The van der Waals surface area contributed by atoms with Gasteiger partial charge in [0.05, 0.1) is 19.1 Å². The number of hydrogen-bond donors (Lipinski definition) is 2. The Kier molecular flexibility index (Phi) is 4.77. The van der Waals surface area contributed by atoms with E-state index in [-0.39, 0.29) is 12.0 Å². The van der Waals surface area contributed by atoms with Crippen LogP contribution in [0.3, 0.4) is 0 Å². The second-order valence-electron chi connectivity index (χ2n) is 5.02. The third kappa shape index (κ3) is 3.88. The van der Waals surface area contributed by atoms with Crippen molar-refractivity contribution >= 4 is 16.2 Å². The highest BCUT2D eigenvalue weighted by Crippen LogP contribution is 2.25. The van der Waals surface area contributed by atoms with Gasteiger partial charge < -0.3 is 9.84 Å². The van der Waals surface area contributed by atoms with Gasteiger partial charge in [-0.3, -0.25) is 4.79 Å². The van der Waals surface area contributed by atoms with Gasteiger partial charge in [0.15, 0.2) is 0 Å². The zero-order valence-electron chi connectivity index (χ0n) is 10.7. The fraction of sp³-hybridized carbons (Fsp3) is 0.909. The zero-order valence-corrected chi connectivity index (χ0v) is 11.6. The van der Waals surface area contributed by atoms with E-state index in [0.717, 1.165) is 0 Å². The standard InChI is InChI=1S/C11H20N2O5S/c14-11(15)9-1-3-10(4-2-9)12-19(16,17)13-5-7-18-8-6-13/h9-10,12H,1-8H2,(H,14,15). The van der Waals surface area contributed by atoms with Gasteiger partial charge in [0.2, 0.25) is 0 Å². The van der Waals surface area contributed by atoms with Crippen molar-refractivity contribution in [3.8, 4) is 0 Å². The van der Waals surface area contributed by atoms with Gasteiger partial charge in [-0.25, -0.2) is 0 Å². The van der Waals surface area contributed by atoms with Crippen molar-refractivity contribution in [2.75, 3.05) is 26.3 Å². The Morgan fingerprint density at radius 3 is 2.26 bits per heavy atom. The molecule has 0 radical (unpaired) electrons. The SMILES string of the molecule is O=C(O)C1CCC(NS(=O)(=O)N2CCOCC2)CC1. The van der Waals surface area contributed by atoms with E-state index >= 15 is 0 Å². The molecule has 1 aliphatic heterocycles. The second-order valence-corrected chi connectivity index (χ2v) is 6.72. The molecule has 2 rings (SSSR count). The Morgan fingerprint density at radius 2 is 1.74 bits per heavy atom. The summed E-state index contributed by atoms with van der Waals surface area (Å²) in [6, 6.07) is -0.150. The fourth-order valence-corrected chi connectivity index (χ4v) is 3.97. The molecule has 7 nitrogen and oxygen atoms in total. The van der Waals surface area contributed by atoms with E-state index in [9.17, 15) is 13.2 Å². The maximum Gasteiger partial charge on any atom is 0.306 e. The Bertz CT molecular complexity index is 411. The molecule has 0 aromatic carbocycles. The molecule has 0 aromatic heterocycles. The maximum absolute atomic E-state index is 12.1. The lowest BCUT2D eigenvalue weighted by atomic mass is 9.87. The molecule has 0 aromatic rings. The summed E-state index contributed by atoms with van der Waals surface area (Å²) in [5, 5.41) is 8.90. The van der Waals surface area contributed by atoms with Gasteiger partial charge in [-0.1, -0.05) is 0 Å². The summed E-state index contributed by atoms with van der Waals surface area (Å²) in [5.74, 6) is -1.11. The van der Waals surface area contributed by atoms with Crippen molar-refractivity contribution in [1.82, 2.24) is 9.03 Å². The molecule has 0 unspecified atom stereocenters. The number of carbonyl (C=O) groups is 1. The number of aliphatic carboxylic acids is 1. The zero-order chi connectivity index (χ0) is 13.9. The van der Waals surface area contributed by atoms with E-state index in [1.165, 1.54) is 4.31 Å². The molecule has 0 spiro atoms. The lowest BCUT2D eigenvalue weighted by molar-refractivity contribution is -0.142. The number of morpholine rings is 1. The molecule has 2 N–H and O–H groups in total. The van der Waals surface area contributed by atoms with Crippen molar-refractivity contribution < 1.29 is 23.1 Å². The Balaban J connectivity index is 1.85. The third-order valence-electron chi connectivity index (χ3n) is 3.70. The van der Waals surface area contributed by atoms with Crippen LogP contribution in [0.4, 0.5) is 0 Å². The Labute approximate surface area is 113 Å². The number of rotatable bonds is 4. The van der Waals surface area contributed by atoms with Crippen molar-refractivity contribution in [3.05, 3.63) is 0 Å². The first-order chi connectivity index (χ1) is 8.99. The summed E-state index contributed by atoms with van der Waals surface area (Å²) in [6.07, 6.45) is 2.23. The van der Waals surface area contributed by atoms with Crippen molar-refractivity contribution in [2.24, 2.45) is 5.92 Å². The Hall–Kier alpha value is -0.700. The summed E-state index contributed by atoms with van der Waals surface area (Å²) < 4.78 is 33.4. The van der Waals surface area contributed by atoms with Crippen LogP contribution in [0.2, 0.25) is 0 Å². The summed E-state index contributed by atoms with van der Waals surface area (Å²) >= 11 is 0. The molecule has 110 valence electrons. The van der Waals surface area contributed by atoms with Crippen LogP contribution >= 0.6 is 0 Å². The van der Waals surface area contributed by atoms with E-state index < -0.39 is 16.2 Å². The molecule has 2 fully saturated rings. The van der Waals surface area contributed by atoms with Crippen molar-refractivity contribution in [2.45, 2.75) is 31.7 Å². The van der Waals surface area contributed by atoms with Crippen LogP contribution in [-0.4, -0.2) is 56.1 Å². The van der Waals surface area contributed by atoms with Gasteiger partial charge in [-0.05, 0) is 25.7 Å². The summed E-state index contributed by atoms with van der Waals surface area (Å²) in [7, 11) is -3.46. The van der Waals surface area contributed by atoms with Crippen molar-refractivity contribution in [3.63, 3.8) is 0 Å². The van der Waals surface area contributed by atoms with Crippen LogP contribution in [0, 0.1) is 5.92 Å². The highest BCUT2D eigenvalue weighted by atomic mass is 32.2. The molecule has 8 heteroatoms. The number of carboxylic acid groups (broad SMARTS) is 1. The third-order valence-corrected chi connectivity index (χ3v) is 5.38. The molecule has 1 heterocycles. The van der Waals surface area contributed by atoms with Crippen LogP contribution in [0.15, 0.2) is 0 Å². The van der Waals surface area contributed by atoms with Gasteiger partial charge in [-0.2, -0.15) is 17.4 Å². The van der Waals surface area contributed by atoms with Crippen LogP contribution < -0.4 is 4.72 Å². The molecule has 1 saturated heterocycles. The fourth-order valence-electron chi connectivity index (χ4n) is 2.53. The number of nitrogens with zero attached hydrogens (tertiary/aromatic N) is 1. The first kappa shape index (κ1) is 14.7. The quantitative estimate of drug-likeness (QED) is 0.748. The number of carboxylic acids is 1. The smallest absolute Gasteiger partial charge is 0.306 e. The minimum absolute atomic E-state index is 0.150. The molecule has 0 atom stereocenters. The van der Waals surface area contributed by atoms with Gasteiger partial charge in [-0.15, -0.1) is 0 Å². The largest absolute Gasteiger partial charge is 0.481 e. The molecular formula is C11H20N2O5S. The topological polar surface area (TPSA) is 95.9 Å². The summed E-state index contributed by atoms with van der Waals surface area (Å²) in [4.78, 5) is 10.8. The number of hydrogen-bond acceptors (Lipinski definition) is 4. The van der Waals surface area contributed by atoms with Crippen LogP contribution in [0.1, 0.15) is 25.7 Å². The van der Waals surface area contributed by atoms with Crippen LogP contribution in [0.25, 0.3) is 0 Å². The number of nitrogens with one attached hydrogen (secondary N) is 1. The van der Waals surface area contributed by atoms with E-state index in [0.29, 0.717) is 52.0 Å². The van der Waals surface area contributed by atoms with Crippen LogP contribution in [-0.2, 0) is 19.7 Å². The van der Waals surface area contributed by atoms with Gasteiger partial charge in [0.1, 0.15) is 0 Å². The summed E-state index contributed by atoms with van der Waals surface area (Å²) in [6.45, 7) is 1.60. The van der Waals surface area contributed by atoms with E-state index in [1.807, 2.05) is 0 Å². The van der Waals surface area contributed by atoms with Crippen molar-refractivity contribution in [1.29, 1.82) is 0 Å². The molecule has 1 aliphatic carbocycles. The van der Waals surface area contributed by atoms with E-state index in [1.54, 1.807) is 0 Å². The normalized spacial score (nSPS) is 30.1. The lowest BCUT2D eigenvalue weighted by Gasteiger charge is -2.31. The average Bonchev–Trinajstić information content (AvgIpc) is 2.40. The molecule has 1 saturated carbocycles. The predicted octanol–water partition coefficient (Wildman–Crippen LogP) is -0.204.